The van der Waals surface area contributed by atoms with E-state index in [9.17, 15) is 4.79 Å². The third-order valence-corrected chi connectivity index (χ3v) is 3.78. The molecule has 2 atom stereocenters. The summed E-state index contributed by atoms with van der Waals surface area (Å²) in [5, 5.41) is 10.9. The zero-order chi connectivity index (χ0) is 11.8. The van der Waals surface area contributed by atoms with Gasteiger partial charge in [0.15, 0.2) is 0 Å². The molecule has 2 unspecified atom stereocenters. The first kappa shape index (κ1) is 10.4. The summed E-state index contributed by atoms with van der Waals surface area (Å²) in [6.45, 7) is 0. The quantitative estimate of drug-likeness (QED) is 0.903. The SMILES string of the molecule is O=C(O)C1CC1c1nccc(-c2cccs2)n1. The zero-order valence-corrected chi connectivity index (χ0v) is 9.72. The van der Waals surface area contributed by atoms with Crippen LogP contribution in [-0.2, 0) is 4.79 Å². The van der Waals surface area contributed by atoms with E-state index in [1.807, 2.05) is 23.6 Å². The number of aromatic nitrogens is 2. The fraction of sp³-hybridized carbons (Fsp3) is 0.250. The molecule has 0 bridgehead atoms. The minimum atomic E-state index is -0.750. The average molecular weight is 246 g/mol. The van der Waals surface area contributed by atoms with Crippen molar-refractivity contribution in [2.75, 3.05) is 0 Å². The van der Waals surface area contributed by atoms with Gasteiger partial charge in [-0.15, -0.1) is 11.3 Å². The van der Waals surface area contributed by atoms with Crippen LogP contribution in [0.15, 0.2) is 29.8 Å². The number of aliphatic carboxylic acids is 1. The van der Waals surface area contributed by atoms with E-state index in [0.29, 0.717) is 12.2 Å². The number of hydrogen-bond acceptors (Lipinski definition) is 4. The number of nitrogens with zero attached hydrogens (tertiary/aromatic N) is 2. The molecule has 2 heterocycles. The predicted octanol–water partition coefficient (Wildman–Crippen LogP) is 2.39. The Morgan fingerprint density at radius 3 is 3.00 bits per heavy atom. The summed E-state index contributed by atoms with van der Waals surface area (Å²) >= 11 is 1.62. The summed E-state index contributed by atoms with van der Waals surface area (Å²) in [6, 6.07) is 5.82. The van der Waals surface area contributed by atoms with Crippen molar-refractivity contribution in [1.29, 1.82) is 0 Å². The van der Waals surface area contributed by atoms with Crippen molar-refractivity contribution < 1.29 is 9.90 Å². The molecule has 0 amide bonds. The molecular formula is C12H10N2O2S. The van der Waals surface area contributed by atoms with Crippen molar-refractivity contribution in [2.24, 2.45) is 5.92 Å². The number of carbonyl (C=O) groups is 1. The number of hydrogen-bond donors (Lipinski definition) is 1. The van der Waals surface area contributed by atoms with Crippen LogP contribution >= 0.6 is 11.3 Å². The van der Waals surface area contributed by atoms with E-state index < -0.39 is 5.97 Å². The van der Waals surface area contributed by atoms with Gasteiger partial charge in [-0.1, -0.05) is 6.07 Å². The lowest BCUT2D eigenvalue weighted by molar-refractivity contribution is -0.138. The second-order valence-corrected chi connectivity index (χ2v) is 5.01. The van der Waals surface area contributed by atoms with E-state index in [1.165, 1.54) is 0 Å². The van der Waals surface area contributed by atoms with Gasteiger partial charge in [0.2, 0.25) is 0 Å². The second kappa shape index (κ2) is 3.92. The van der Waals surface area contributed by atoms with E-state index in [-0.39, 0.29) is 11.8 Å². The Labute approximate surface area is 102 Å². The fourth-order valence-corrected chi connectivity index (χ4v) is 2.56. The summed E-state index contributed by atoms with van der Waals surface area (Å²) in [5.74, 6) is -0.399. The molecule has 0 saturated heterocycles. The van der Waals surface area contributed by atoms with Gasteiger partial charge in [0.25, 0.3) is 0 Å². The lowest BCUT2D eigenvalue weighted by atomic mass is 10.2. The highest BCUT2D eigenvalue weighted by atomic mass is 32.1. The van der Waals surface area contributed by atoms with Crippen LogP contribution in [0.2, 0.25) is 0 Å². The molecule has 0 aliphatic heterocycles. The lowest BCUT2D eigenvalue weighted by Crippen LogP contribution is -2.01. The van der Waals surface area contributed by atoms with E-state index in [1.54, 1.807) is 17.5 Å². The molecule has 2 aromatic heterocycles. The van der Waals surface area contributed by atoms with Crippen LogP contribution in [0.5, 0.6) is 0 Å². The van der Waals surface area contributed by atoms with Crippen molar-refractivity contribution in [3.8, 4) is 10.6 Å². The molecule has 1 fully saturated rings. The van der Waals surface area contributed by atoms with Gasteiger partial charge in [-0.25, -0.2) is 9.97 Å². The Balaban J connectivity index is 1.88. The zero-order valence-electron chi connectivity index (χ0n) is 8.91. The third-order valence-electron chi connectivity index (χ3n) is 2.89. The van der Waals surface area contributed by atoms with Gasteiger partial charge in [-0.3, -0.25) is 4.79 Å². The normalized spacial score (nSPS) is 22.4. The molecule has 1 aliphatic carbocycles. The summed E-state index contributed by atoms with van der Waals surface area (Å²) in [5.41, 5.74) is 0.876. The van der Waals surface area contributed by atoms with Gasteiger partial charge in [-0.05, 0) is 23.9 Å². The van der Waals surface area contributed by atoms with E-state index in [2.05, 4.69) is 9.97 Å². The van der Waals surface area contributed by atoms with Crippen molar-refractivity contribution in [1.82, 2.24) is 9.97 Å². The van der Waals surface area contributed by atoms with Crippen LogP contribution in [0.1, 0.15) is 18.2 Å². The Morgan fingerprint density at radius 2 is 2.35 bits per heavy atom. The van der Waals surface area contributed by atoms with Crippen molar-refractivity contribution in [2.45, 2.75) is 12.3 Å². The van der Waals surface area contributed by atoms with Crippen LogP contribution in [0.4, 0.5) is 0 Å². The molecule has 17 heavy (non-hydrogen) atoms. The van der Waals surface area contributed by atoms with E-state index >= 15 is 0 Å². The Kier molecular flexibility index (Phi) is 2.40. The molecule has 4 nitrogen and oxygen atoms in total. The highest BCUT2D eigenvalue weighted by Gasteiger charge is 2.46. The summed E-state index contributed by atoms with van der Waals surface area (Å²) in [4.78, 5) is 20.5. The molecule has 5 heteroatoms. The third kappa shape index (κ3) is 1.93. The molecular weight excluding hydrogens is 236 g/mol. The monoisotopic (exact) mass is 246 g/mol. The molecule has 0 aromatic carbocycles. The van der Waals surface area contributed by atoms with Crippen LogP contribution in [-0.4, -0.2) is 21.0 Å². The molecule has 3 rings (SSSR count). The maximum absolute atomic E-state index is 10.8. The minimum Gasteiger partial charge on any atom is -0.481 e. The van der Waals surface area contributed by atoms with Gasteiger partial charge in [0.1, 0.15) is 5.82 Å². The first-order valence-electron chi connectivity index (χ1n) is 5.35. The van der Waals surface area contributed by atoms with Gasteiger partial charge >= 0.3 is 5.97 Å². The Hall–Kier alpha value is -1.75. The highest BCUT2D eigenvalue weighted by Crippen LogP contribution is 2.46. The van der Waals surface area contributed by atoms with Crippen LogP contribution in [0.25, 0.3) is 10.6 Å². The Bertz CT molecular complexity index is 553. The van der Waals surface area contributed by atoms with E-state index in [0.717, 1.165) is 10.6 Å². The molecule has 1 N–H and O–H groups in total. The van der Waals surface area contributed by atoms with Gasteiger partial charge in [-0.2, -0.15) is 0 Å². The van der Waals surface area contributed by atoms with Gasteiger partial charge < -0.3 is 5.11 Å². The number of carboxylic acids is 1. The predicted molar refractivity (Wildman–Crippen MR) is 63.8 cm³/mol. The lowest BCUT2D eigenvalue weighted by Gasteiger charge is -2.00. The standard InChI is InChI=1S/C12H10N2O2S/c15-12(16)8-6-7(8)11-13-4-3-9(14-11)10-2-1-5-17-10/h1-5,7-8H,6H2,(H,15,16). The number of carboxylic acid groups (broad SMARTS) is 1. The highest BCUT2D eigenvalue weighted by molar-refractivity contribution is 7.13. The molecule has 2 aromatic rings. The van der Waals surface area contributed by atoms with Gasteiger partial charge in [0, 0.05) is 12.1 Å². The van der Waals surface area contributed by atoms with Crippen molar-refractivity contribution >= 4 is 17.3 Å². The van der Waals surface area contributed by atoms with Crippen molar-refractivity contribution in [3.05, 3.63) is 35.6 Å². The second-order valence-electron chi connectivity index (χ2n) is 4.06. The first-order chi connectivity index (χ1) is 8.25. The van der Waals surface area contributed by atoms with Crippen LogP contribution < -0.4 is 0 Å². The number of rotatable bonds is 3. The van der Waals surface area contributed by atoms with E-state index in [4.69, 9.17) is 5.11 Å². The maximum atomic E-state index is 10.8. The molecule has 0 spiro atoms. The molecule has 0 radical (unpaired) electrons. The summed E-state index contributed by atoms with van der Waals surface area (Å²) < 4.78 is 0. The average Bonchev–Trinajstić information content (AvgIpc) is 2.96. The smallest absolute Gasteiger partial charge is 0.307 e. The molecule has 86 valence electrons. The van der Waals surface area contributed by atoms with Crippen LogP contribution in [0, 0.1) is 5.92 Å². The first-order valence-corrected chi connectivity index (χ1v) is 6.23. The van der Waals surface area contributed by atoms with Crippen molar-refractivity contribution in [3.63, 3.8) is 0 Å². The minimum absolute atomic E-state index is 0.00703. The summed E-state index contributed by atoms with van der Waals surface area (Å²) in [6.07, 6.45) is 2.36. The maximum Gasteiger partial charge on any atom is 0.307 e. The molecule has 1 saturated carbocycles. The van der Waals surface area contributed by atoms with Gasteiger partial charge in [0.05, 0.1) is 16.5 Å². The fourth-order valence-electron chi connectivity index (χ4n) is 1.87. The Morgan fingerprint density at radius 1 is 1.47 bits per heavy atom. The molecule has 1 aliphatic rings. The largest absolute Gasteiger partial charge is 0.481 e. The van der Waals surface area contributed by atoms with Crippen LogP contribution in [0.3, 0.4) is 0 Å². The summed E-state index contributed by atoms with van der Waals surface area (Å²) in [7, 11) is 0. The topological polar surface area (TPSA) is 63.1 Å². The number of thiophene rings is 1.